The number of nitrogens with one attached hydrogen (secondary N) is 1. The second-order valence-corrected chi connectivity index (χ2v) is 1.94. The molecular formula is C7H17NO4. The third-order valence-electron chi connectivity index (χ3n) is 0.880. The van der Waals surface area contributed by atoms with E-state index in [4.69, 9.17) is 15.3 Å². The van der Waals surface area contributed by atoms with Crippen LogP contribution in [-0.4, -0.2) is 47.6 Å². The van der Waals surface area contributed by atoms with E-state index in [1.807, 2.05) is 0 Å². The summed E-state index contributed by atoms with van der Waals surface area (Å²) in [6.07, 6.45) is 0.222. The number of aliphatic carboxylic acids is 1. The molecule has 4 N–H and O–H groups in total. The van der Waals surface area contributed by atoms with E-state index in [9.17, 15) is 4.79 Å². The van der Waals surface area contributed by atoms with Crippen LogP contribution in [0.5, 0.6) is 0 Å². The summed E-state index contributed by atoms with van der Waals surface area (Å²) in [5.41, 5.74) is 0. The van der Waals surface area contributed by atoms with Crippen LogP contribution in [0.4, 0.5) is 0 Å². The van der Waals surface area contributed by atoms with Gasteiger partial charge in [0.05, 0.1) is 13.2 Å². The smallest absolute Gasteiger partial charge is 0.303 e. The van der Waals surface area contributed by atoms with E-state index in [0.717, 1.165) is 0 Å². The second-order valence-electron chi connectivity index (χ2n) is 1.94. The predicted octanol–water partition coefficient (Wildman–Crippen LogP) is -0.958. The fourth-order valence-corrected chi connectivity index (χ4v) is 0.283. The number of rotatable bonds is 5. The minimum absolute atomic E-state index is 0.139. The number of carbonyl (C=O) groups is 1. The molecule has 0 aliphatic heterocycles. The van der Waals surface area contributed by atoms with Gasteiger partial charge in [-0.15, -0.1) is 0 Å². The fraction of sp³-hybridized carbons (Fsp3) is 0.857. The molecule has 0 unspecified atom stereocenters. The maximum Gasteiger partial charge on any atom is 0.303 e. The number of carboxylic acids is 1. The van der Waals surface area contributed by atoms with Gasteiger partial charge in [-0.3, -0.25) is 4.79 Å². The van der Waals surface area contributed by atoms with E-state index in [1.54, 1.807) is 6.92 Å². The quantitative estimate of drug-likeness (QED) is 0.408. The molecule has 0 radical (unpaired) electrons. The van der Waals surface area contributed by atoms with Crippen LogP contribution in [0.25, 0.3) is 0 Å². The van der Waals surface area contributed by atoms with Gasteiger partial charge in [0.1, 0.15) is 0 Å². The molecule has 12 heavy (non-hydrogen) atoms. The molecule has 0 amide bonds. The second kappa shape index (κ2) is 13.0. The molecule has 0 saturated carbocycles. The Balaban J connectivity index is 0. The minimum atomic E-state index is -0.745. The van der Waals surface area contributed by atoms with Gasteiger partial charge >= 0.3 is 5.97 Å². The van der Waals surface area contributed by atoms with Crippen LogP contribution in [0.2, 0.25) is 0 Å². The van der Waals surface area contributed by atoms with E-state index in [-0.39, 0.29) is 19.6 Å². The van der Waals surface area contributed by atoms with Gasteiger partial charge in [-0.25, -0.2) is 0 Å². The molecule has 0 aromatic heterocycles. The monoisotopic (exact) mass is 179 g/mol. The molecule has 0 fully saturated rings. The summed E-state index contributed by atoms with van der Waals surface area (Å²) < 4.78 is 0. The number of aliphatic hydroxyl groups is 2. The summed E-state index contributed by atoms with van der Waals surface area (Å²) in [5.74, 6) is -0.745. The third-order valence-corrected chi connectivity index (χ3v) is 0.880. The Hall–Kier alpha value is -0.650. The zero-order valence-electron chi connectivity index (χ0n) is 7.29. The highest BCUT2D eigenvalue weighted by Crippen LogP contribution is 1.67. The topological polar surface area (TPSA) is 89.8 Å². The van der Waals surface area contributed by atoms with Crippen LogP contribution in [0.15, 0.2) is 0 Å². The Bertz CT molecular complexity index is 93.4. The normalized spacial score (nSPS) is 8.58. The molecule has 74 valence electrons. The van der Waals surface area contributed by atoms with Crippen molar-refractivity contribution in [3.63, 3.8) is 0 Å². The first-order chi connectivity index (χ1) is 5.68. The number of hydrogen-bond donors (Lipinski definition) is 4. The van der Waals surface area contributed by atoms with E-state index >= 15 is 0 Å². The molecule has 0 aliphatic rings. The van der Waals surface area contributed by atoms with E-state index in [2.05, 4.69) is 5.32 Å². The van der Waals surface area contributed by atoms with Crippen LogP contribution < -0.4 is 5.32 Å². The highest BCUT2D eigenvalue weighted by atomic mass is 16.4. The first-order valence-corrected chi connectivity index (χ1v) is 3.83. The summed E-state index contributed by atoms with van der Waals surface area (Å²) in [6, 6.07) is 0. The number of aliphatic hydroxyl groups excluding tert-OH is 2. The fourth-order valence-electron chi connectivity index (χ4n) is 0.283. The van der Waals surface area contributed by atoms with Gasteiger partial charge < -0.3 is 20.6 Å². The molecule has 0 saturated heterocycles. The largest absolute Gasteiger partial charge is 0.481 e. The Kier molecular flexibility index (Phi) is 15.0. The van der Waals surface area contributed by atoms with Gasteiger partial charge in [0.2, 0.25) is 0 Å². The SMILES string of the molecule is CCC(=O)O.OCCNCCO. The molecule has 0 atom stereocenters. The van der Waals surface area contributed by atoms with Gasteiger partial charge in [0.15, 0.2) is 0 Å². The van der Waals surface area contributed by atoms with Crippen molar-refractivity contribution in [2.75, 3.05) is 26.3 Å². The van der Waals surface area contributed by atoms with E-state index in [0.29, 0.717) is 13.1 Å². The number of hydrogen-bond acceptors (Lipinski definition) is 4. The van der Waals surface area contributed by atoms with Crippen molar-refractivity contribution in [2.45, 2.75) is 13.3 Å². The summed E-state index contributed by atoms with van der Waals surface area (Å²) >= 11 is 0. The zero-order chi connectivity index (χ0) is 9.82. The van der Waals surface area contributed by atoms with Crippen molar-refractivity contribution < 1.29 is 20.1 Å². The molecule has 0 bridgehead atoms. The molecule has 0 aromatic carbocycles. The van der Waals surface area contributed by atoms with Crippen molar-refractivity contribution in [3.8, 4) is 0 Å². The third kappa shape index (κ3) is 22.8. The molecule has 5 heteroatoms. The van der Waals surface area contributed by atoms with Crippen molar-refractivity contribution in [3.05, 3.63) is 0 Å². The zero-order valence-corrected chi connectivity index (χ0v) is 7.29. The lowest BCUT2D eigenvalue weighted by atomic mass is 10.5. The molecule has 0 aliphatic carbocycles. The van der Waals surface area contributed by atoms with Crippen LogP contribution in [0, 0.1) is 0 Å². The lowest BCUT2D eigenvalue weighted by Crippen LogP contribution is -2.21. The Morgan fingerprint density at radius 1 is 1.25 bits per heavy atom. The van der Waals surface area contributed by atoms with Crippen molar-refractivity contribution >= 4 is 5.97 Å². The summed E-state index contributed by atoms with van der Waals surface area (Å²) in [7, 11) is 0. The lowest BCUT2D eigenvalue weighted by molar-refractivity contribution is -0.136. The van der Waals surface area contributed by atoms with Gasteiger partial charge in [-0.2, -0.15) is 0 Å². The highest BCUT2D eigenvalue weighted by molar-refractivity contribution is 5.66. The Labute approximate surface area is 72.0 Å². The summed E-state index contributed by atoms with van der Waals surface area (Å²) in [4.78, 5) is 9.37. The maximum absolute atomic E-state index is 9.37. The maximum atomic E-state index is 9.37. The average molecular weight is 179 g/mol. The average Bonchev–Trinajstić information content (AvgIpc) is 2.07. The van der Waals surface area contributed by atoms with E-state index < -0.39 is 5.97 Å². The molecule has 0 rings (SSSR count). The van der Waals surface area contributed by atoms with Crippen LogP contribution in [-0.2, 0) is 4.79 Å². The summed E-state index contributed by atoms with van der Waals surface area (Å²) in [6.45, 7) is 3.02. The number of carboxylic acid groups (broad SMARTS) is 1. The van der Waals surface area contributed by atoms with Gasteiger partial charge in [-0.1, -0.05) is 6.92 Å². The van der Waals surface area contributed by atoms with Crippen LogP contribution in [0.3, 0.4) is 0 Å². The van der Waals surface area contributed by atoms with Gasteiger partial charge in [0.25, 0.3) is 0 Å². The van der Waals surface area contributed by atoms with Crippen molar-refractivity contribution in [2.24, 2.45) is 0 Å². The van der Waals surface area contributed by atoms with Crippen LogP contribution >= 0.6 is 0 Å². The molecule has 5 nitrogen and oxygen atoms in total. The molecule has 0 spiro atoms. The lowest BCUT2D eigenvalue weighted by Gasteiger charge is -1.94. The van der Waals surface area contributed by atoms with Gasteiger partial charge in [-0.05, 0) is 0 Å². The first-order valence-electron chi connectivity index (χ1n) is 3.83. The van der Waals surface area contributed by atoms with E-state index in [1.165, 1.54) is 0 Å². The van der Waals surface area contributed by atoms with Crippen molar-refractivity contribution in [1.82, 2.24) is 5.32 Å². The molecular weight excluding hydrogens is 162 g/mol. The first kappa shape index (κ1) is 13.9. The van der Waals surface area contributed by atoms with Crippen LogP contribution in [0.1, 0.15) is 13.3 Å². The minimum Gasteiger partial charge on any atom is -0.481 e. The Morgan fingerprint density at radius 3 is 1.75 bits per heavy atom. The highest BCUT2D eigenvalue weighted by Gasteiger charge is 1.80. The molecule has 0 heterocycles. The standard InChI is InChI=1S/C4H11NO2.C3H6O2/c6-3-1-5-2-4-7;1-2-3(4)5/h5-7H,1-4H2;2H2,1H3,(H,4,5). The van der Waals surface area contributed by atoms with Crippen molar-refractivity contribution in [1.29, 1.82) is 0 Å². The van der Waals surface area contributed by atoms with Gasteiger partial charge in [0, 0.05) is 19.5 Å². The predicted molar refractivity (Wildman–Crippen MR) is 45.0 cm³/mol. The Morgan fingerprint density at radius 2 is 1.58 bits per heavy atom. The molecule has 0 aromatic rings. The summed E-state index contributed by atoms with van der Waals surface area (Å²) in [5, 5.41) is 26.8.